The predicted molar refractivity (Wildman–Crippen MR) is 74.4 cm³/mol. The Kier molecular flexibility index (Phi) is 4.57. The normalized spacial score (nSPS) is 11.9. The van der Waals surface area contributed by atoms with Crippen LogP contribution in [0, 0.1) is 0 Å². The van der Waals surface area contributed by atoms with Crippen molar-refractivity contribution in [2.24, 2.45) is 7.05 Å². The Hall–Kier alpha value is -2.08. The number of hydrogen-bond donors (Lipinski definition) is 1. The highest BCUT2D eigenvalue weighted by atomic mass is 35.5. The summed E-state index contributed by atoms with van der Waals surface area (Å²) in [4.78, 5) is 11.9. The van der Waals surface area contributed by atoms with Crippen LogP contribution in [0.1, 0.15) is 12.7 Å². The summed E-state index contributed by atoms with van der Waals surface area (Å²) in [5.74, 6) is 0.909. The fourth-order valence-corrected chi connectivity index (χ4v) is 1.74. The van der Waals surface area contributed by atoms with Crippen molar-refractivity contribution in [2.75, 3.05) is 0 Å². The van der Waals surface area contributed by atoms with Crippen molar-refractivity contribution >= 4 is 17.5 Å². The SMILES string of the molecule is C[C@H](Oc1ccccc1Cl)C(=O)NCc1nncn1C. The van der Waals surface area contributed by atoms with Crippen molar-refractivity contribution in [3.63, 3.8) is 0 Å². The molecule has 2 rings (SSSR count). The van der Waals surface area contributed by atoms with Crippen LogP contribution in [0.2, 0.25) is 5.02 Å². The first-order valence-electron chi connectivity index (χ1n) is 6.09. The molecule has 1 atom stereocenters. The number of amides is 1. The lowest BCUT2D eigenvalue weighted by molar-refractivity contribution is -0.127. The van der Waals surface area contributed by atoms with Gasteiger partial charge in [-0.3, -0.25) is 4.79 Å². The van der Waals surface area contributed by atoms with E-state index in [1.807, 2.05) is 7.05 Å². The van der Waals surface area contributed by atoms with Crippen LogP contribution in [0.25, 0.3) is 0 Å². The van der Waals surface area contributed by atoms with Gasteiger partial charge in [-0.2, -0.15) is 0 Å². The molecule has 2 aromatic rings. The van der Waals surface area contributed by atoms with E-state index in [0.29, 0.717) is 23.1 Å². The summed E-state index contributed by atoms with van der Waals surface area (Å²) in [5.41, 5.74) is 0. The van der Waals surface area contributed by atoms with Gasteiger partial charge in [0.2, 0.25) is 0 Å². The maximum Gasteiger partial charge on any atom is 0.261 e. The van der Waals surface area contributed by atoms with Crippen LogP contribution in [0.15, 0.2) is 30.6 Å². The van der Waals surface area contributed by atoms with E-state index >= 15 is 0 Å². The van der Waals surface area contributed by atoms with Crippen LogP contribution in [0.5, 0.6) is 5.75 Å². The molecular weight excluding hydrogens is 280 g/mol. The van der Waals surface area contributed by atoms with E-state index in [9.17, 15) is 4.79 Å². The molecule has 0 bridgehead atoms. The molecule has 20 heavy (non-hydrogen) atoms. The van der Waals surface area contributed by atoms with Gasteiger partial charge in [0.15, 0.2) is 11.9 Å². The average molecular weight is 295 g/mol. The van der Waals surface area contributed by atoms with Gasteiger partial charge >= 0.3 is 0 Å². The number of nitrogens with one attached hydrogen (secondary N) is 1. The van der Waals surface area contributed by atoms with Gasteiger partial charge in [0.25, 0.3) is 5.91 Å². The molecule has 1 heterocycles. The van der Waals surface area contributed by atoms with E-state index in [-0.39, 0.29) is 5.91 Å². The van der Waals surface area contributed by atoms with Gasteiger partial charge in [-0.1, -0.05) is 23.7 Å². The van der Waals surface area contributed by atoms with E-state index in [1.54, 1.807) is 42.1 Å². The summed E-state index contributed by atoms with van der Waals surface area (Å²) < 4.78 is 7.26. The van der Waals surface area contributed by atoms with Gasteiger partial charge in [-0.25, -0.2) is 0 Å². The van der Waals surface area contributed by atoms with Crippen LogP contribution in [-0.4, -0.2) is 26.8 Å². The Balaban J connectivity index is 1.89. The Labute approximate surface area is 121 Å². The summed E-state index contributed by atoms with van der Waals surface area (Å²) in [6.45, 7) is 1.96. The molecule has 1 N–H and O–H groups in total. The molecule has 0 aliphatic rings. The molecule has 0 spiro atoms. The number of carbonyl (C=O) groups is 1. The zero-order valence-electron chi connectivity index (χ0n) is 11.2. The number of carbonyl (C=O) groups excluding carboxylic acids is 1. The molecule has 0 unspecified atom stereocenters. The Morgan fingerprint density at radius 1 is 1.50 bits per heavy atom. The number of halogens is 1. The van der Waals surface area contributed by atoms with Gasteiger partial charge in [0, 0.05) is 7.05 Å². The highest BCUT2D eigenvalue weighted by molar-refractivity contribution is 6.32. The fourth-order valence-electron chi connectivity index (χ4n) is 1.56. The van der Waals surface area contributed by atoms with Crippen LogP contribution in [0.3, 0.4) is 0 Å². The highest BCUT2D eigenvalue weighted by Crippen LogP contribution is 2.24. The number of hydrogen-bond acceptors (Lipinski definition) is 4. The number of rotatable bonds is 5. The highest BCUT2D eigenvalue weighted by Gasteiger charge is 2.16. The minimum atomic E-state index is -0.650. The molecule has 0 saturated heterocycles. The first-order valence-corrected chi connectivity index (χ1v) is 6.47. The standard InChI is InChI=1S/C13H15ClN4O2/c1-9(20-11-6-4-3-5-10(11)14)13(19)15-7-12-17-16-8-18(12)2/h3-6,8-9H,7H2,1-2H3,(H,15,19)/t9-/m0/s1. The molecule has 6 nitrogen and oxygen atoms in total. The summed E-state index contributed by atoms with van der Waals surface area (Å²) in [7, 11) is 1.81. The third-order valence-electron chi connectivity index (χ3n) is 2.74. The van der Waals surface area contributed by atoms with Crippen LogP contribution >= 0.6 is 11.6 Å². The number of ether oxygens (including phenoxy) is 1. The lowest BCUT2D eigenvalue weighted by Crippen LogP contribution is -2.36. The van der Waals surface area contributed by atoms with Crippen molar-refractivity contribution in [1.82, 2.24) is 20.1 Å². The first kappa shape index (κ1) is 14.3. The summed E-state index contributed by atoms with van der Waals surface area (Å²) >= 11 is 5.97. The molecule has 0 aliphatic heterocycles. The molecule has 0 fully saturated rings. The molecule has 0 saturated carbocycles. The van der Waals surface area contributed by atoms with Crippen LogP contribution < -0.4 is 10.1 Å². The van der Waals surface area contributed by atoms with Gasteiger partial charge in [0.05, 0.1) is 11.6 Å². The molecule has 1 amide bonds. The first-order chi connectivity index (χ1) is 9.58. The van der Waals surface area contributed by atoms with Gasteiger partial charge in [-0.15, -0.1) is 10.2 Å². The Morgan fingerprint density at radius 3 is 2.90 bits per heavy atom. The maximum absolute atomic E-state index is 11.9. The van der Waals surface area contributed by atoms with E-state index in [4.69, 9.17) is 16.3 Å². The molecule has 1 aromatic carbocycles. The predicted octanol–water partition coefficient (Wildman–Crippen LogP) is 1.55. The fraction of sp³-hybridized carbons (Fsp3) is 0.308. The Morgan fingerprint density at radius 2 is 2.25 bits per heavy atom. The lowest BCUT2D eigenvalue weighted by atomic mass is 10.3. The summed E-state index contributed by atoms with van der Waals surface area (Å²) in [6.07, 6.45) is 0.925. The smallest absolute Gasteiger partial charge is 0.261 e. The monoisotopic (exact) mass is 294 g/mol. The molecule has 0 aliphatic carbocycles. The van der Waals surface area contributed by atoms with E-state index in [0.717, 1.165) is 0 Å². The van der Waals surface area contributed by atoms with Crippen molar-refractivity contribution in [3.8, 4) is 5.75 Å². The third-order valence-corrected chi connectivity index (χ3v) is 3.05. The van der Waals surface area contributed by atoms with Gasteiger partial charge in [-0.05, 0) is 19.1 Å². The topological polar surface area (TPSA) is 69.0 Å². The van der Waals surface area contributed by atoms with Crippen molar-refractivity contribution < 1.29 is 9.53 Å². The van der Waals surface area contributed by atoms with Crippen molar-refractivity contribution in [3.05, 3.63) is 41.4 Å². The molecular formula is C13H15ClN4O2. The molecule has 0 radical (unpaired) electrons. The minimum absolute atomic E-state index is 0.243. The molecule has 106 valence electrons. The molecule has 1 aromatic heterocycles. The number of nitrogens with zero attached hydrogens (tertiary/aromatic N) is 3. The zero-order chi connectivity index (χ0) is 14.5. The maximum atomic E-state index is 11.9. The largest absolute Gasteiger partial charge is 0.479 e. The van der Waals surface area contributed by atoms with E-state index < -0.39 is 6.10 Å². The second kappa shape index (κ2) is 6.38. The third kappa shape index (κ3) is 3.48. The summed E-state index contributed by atoms with van der Waals surface area (Å²) in [6, 6.07) is 7.02. The van der Waals surface area contributed by atoms with Gasteiger partial charge < -0.3 is 14.6 Å². The minimum Gasteiger partial charge on any atom is -0.479 e. The van der Waals surface area contributed by atoms with E-state index in [2.05, 4.69) is 15.5 Å². The van der Waals surface area contributed by atoms with Crippen molar-refractivity contribution in [1.29, 1.82) is 0 Å². The number of benzene rings is 1. The van der Waals surface area contributed by atoms with Gasteiger partial charge in [0.1, 0.15) is 12.1 Å². The summed E-state index contributed by atoms with van der Waals surface area (Å²) in [5, 5.41) is 10.8. The second-order valence-electron chi connectivity index (χ2n) is 4.27. The number of aromatic nitrogens is 3. The lowest BCUT2D eigenvalue weighted by Gasteiger charge is -2.15. The Bertz CT molecular complexity index is 600. The quantitative estimate of drug-likeness (QED) is 0.908. The van der Waals surface area contributed by atoms with E-state index in [1.165, 1.54) is 0 Å². The molecule has 7 heteroatoms. The zero-order valence-corrected chi connectivity index (χ0v) is 12.0. The van der Waals surface area contributed by atoms with Crippen LogP contribution in [0.4, 0.5) is 0 Å². The average Bonchev–Trinajstić information content (AvgIpc) is 2.84. The van der Waals surface area contributed by atoms with Crippen LogP contribution in [-0.2, 0) is 18.4 Å². The van der Waals surface area contributed by atoms with Crippen molar-refractivity contribution in [2.45, 2.75) is 19.6 Å². The number of para-hydroxylation sites is 1. The second-order valence-corrected chi connectivity index (χ2v) is 4.67. The number of aryl methyl sites for hydroxylation is 1.